The van der Waals surface area contributed by atoms with Crippen LogP contribution in [0.15, 0.2) is 48.5 Å². The maximum Gasteiger partial charge on any atom is 0.251 e. The van der Waals surface area contributed by atoms with Crippen LogP contribution < -0.4 is 15.4 Å². The molecule has 0 spiro atoms. The van der Waals surface area contributed by atoms with Gasteiger partial charge in [-0.15, -0.1) is 0 Å². The summed E-state index contributed by atoms with van der Waals surface area (Å²) < 4.78 is 5.43. The maximum atomic E-state index is 12.4. The van der Waals surface area contributed by atoms with Crippen LogP contribution >= 0.6 is 0 Å². The van der Waals surface area contributed by atoms with E-state index >= 15 is 0 Å². The van der Waals surface area contributed by atoms with Crippen molar-refractivity contribution < 1.29 is 14.3 Å². The third-order valence-corrected chi connectivity index (χ3v) is 4.40. The highest BCUT2D eigenvalue weighted by molar-refractivity contribution is 5.96. The van der Waals surface area contributed by atoms with Crippen molar-refractivity contribution in [2.75, 3.05) is 11.9 Å². The molecule has 0 heterocycles. The number of carbonyl (C=O) groups excluding carboxylic acids is 2. The predicted octanol–water partition coefficient (Wildman–Crippen LogP) is 3.92. The van der Waals surface area contributed by atoms with E-state index in [9.17, 15) is 9.59 Å². The van der Waals surface area contributed by atoms with E-state index in [1.807, 2.05) is 38.1 Å². The third-order valence-electron chi connectivity index (χ3n) is 4.40. The molecule has 26 heavy (non-hydrogen) atoms. The Morgan fingerprint density at radius 1 is 1.08 bits per heavy atom. The Morgan fingerprint density at radius 2 is 1.73 bits per heavy atom. The fraction of sp³-hybridized carbons (Fsp3) is 0.333. The number of anilines is 1. The normalized spacial score (nSPS) is 14.4. The molecule has 0 aliphatic heterocycles. The summed E-state index contributed by atoms with van der Waals surface area (Å²) in [5, 5.41) is 5.85. The fourth-order valence-corrected chi connectivity index (χ4v) is 2.68. The molecule has 1 aliphatic carbocycles. The Balaban J connectivity index is 1.57. The minimum atomic E-state index is -0.147. The van der Waals surface area contributed by atoms with Gasteiger partial charge in [0.2, 0.25) is 5.91 Å². The number of hydrogen-bond acceptors (Lipinski definition) is 3. The molecular formula is C21H24N2O3. The lowest BCUT2D eigenvalue weighted by molar-refractivity contribution is -0.117. The molecule has 2 N–H and O–H groups in total. The Hall–Kier alpha value is -2.82. The molecule has 1 fully saturated rings. The van der Waals surface area contributed by atoms with Crippen LogP contribution in [0.25, 0.3) is 0 Å². The van der Waals surface area contributed by atoms with Gasteiger partial charge in [-0.2, -0.15) is 0 Å². The van der Waals surface area contributed by atoms with Crippen LogP contribution in [-0.2, 0) is 4.79 Å². The van der Waals surface area contributed by atoms with Gasteiger partial charge < -0.3 is 15.4 Å². The SMILES string of the molecule is CCOc1ccc(C(C)NC(=O)c2ccc(NC(=O)C3CC3)cc2)cc1. The quantitative estimate of drug-likeness (QED) is 0.793. The van der Waals surface area contributed by atoms with E-state index in [0.29, 0.717) is 12.2 Å². The molecule has 2 amide bonds. The van der Waals surface area contributed by atoms with Crippen molar-refractivity contribution >= 4 is 17.5 Å². The Labute approximate surface area is 153 Å². The van der Waals surface area contributed by atoms with Crippen LogP contribution in [0.4, 0.5) is 5.69 Å². The molecule has 5 heteroatoms. The van der Waals surface area contributed by atoms with Gasteiger partial charge in [0.1, 0.15) is 5.75 Å². The second-order valence-corrected chi connectivity index (χ2v) is 6.54. The van der Waals surface area contributed by atoms with E-state index in [2.05, 4.69) is 10.6 Å². The first-order valence-electron chi connectivity index (χ1n) is 9.01. The van der Waals surface area contributed by atoms with Crippen molar-refractivity contribution in [3.8, 4) is 5.75 Å². The van der Waals surface area contributed by atoms with Crippen molar-refractivity contribution in [3.63, 3.8) is 0 Å². The van der Waals surface area contributed by atoms with Gasteiger partial charge in [-0.05, 0) is 68.7 Å². The van der Waals surface area contributed by atoms with Gasteiger partial charge in [0.05, 0.1) is 12.6 Å². The van der Waals surface area contributed by atoms with Crippen molar-refractivity contribution in [2.45, 2.75) is 32.7 Å². The van der Waals surface area contributed by atoms with Crippen LogP contribution in [-0.4, -0.2) is 18.4 Å². The lowest BCUT2D eigenvalue weighted by Gasteiger charge is -2.15. The van der Waals surface area contributed by atoms with Crippen molar-refractivity contribution in [3.05, 3.63) is 59.7 Å². The van der Waals surface area contributed by atoms with Gasteiger partial charge in [0.15, 0.2) is 0 Å². The lowest BCUT2D eigenvalue weighted by Crippen LogP contribution is -2.26. The molecule has 0 aromatic heterocycles. The van der Waals surface area contributed by atoms with Gasteiger partial charge >= 0.3 is 0 Å². The first kappa shape index (κ1) is 18.0. The summed E-state index contributed by atoms with van der Waals surface area (Å²) >= 11 is 0. The molecule has 0 radical (unpaired) electrons. The van der Waals surface area contributed by atoms with Crippen LogP contribution in [0.2, 0.25) is 0 Å². The average molecular weight is 352 g/mol. The third kappa shape index (κ3) is 4.63. The second kappa shape index (κ2) is 8.04. The fourth-order valence-electron chi connectivity index (χ4n) is 2.68. The predicted molar refractivity (Wildman–Crippen MR) is 101 cm³/mol. The zero-order valence-corrected chi connectivity index (χ0v) is 15.1. The molecule has 1 unspecified atom stereocenters. The van der Waals surface area contributed by atoms with Crippen molar-refractivity contribution in [2.24, 2.45) is 5.92 Å². The summed E-state index contributed by atoms with van der Waals surface area (Å²) in [6.45, 7) is 4.51. The largest absolute Gasteiger partial charge is 0.494 e. The van der Waals surface area contributed by atoms with Crippen LogP contribution in [0.1, 0.15) is 48.7 Å². The first-order valence-corrected chi connectivity index (χ1v) is 9.01. The van der Waals surface area contributed by atoms with E-state index in [4.69, 9.17) is 4.74 Å². The summed E-state index contributed by atoms with van der Waals surface area (Å²) in [4.78, 5) is 24.2. The summed E-state index contributed by atoms with van der Waals surface area (Å²) in [6.07, 6.45) is 1.94. The second-order valence-electron chi connectivity index (χ2n) is 6.54. The minimum absolute atomic E-state index is 0.0614. The van der Waals surface area contributed by atoms with E-state index < -0.39 is 0 Å². The van der Waals surface area contributed by atoms with Gasteiger partial charge in [-0.25, -0.2) is 0 Å². The van der Waals surface area contributed by atoms with Crippen molar-refractivity contribution in [1.82, 2.24) is 5.32 Å². The summed E-state index contributed by atoms with van der Waals surface area (Å²) in [6, 6.07) is 14.6. The highest BCUT2D eigenvalue weighted by Gasteiger charge is 2.29. The molecule has 0 saturated heterocycles. The number of ether oxygens (including phenoxy) is 1. The number of amides is 2. The first-order chi connectivity index (χ1) is 12.6. The Morgan fingerprint density at radius 3 is 2.31 bits per heavy atom. The van der Waals surface area contributed by atoms with Crippen LogP contribution in [0, 0.1) is 5.92 Å². The standard InChI is InChI=1S/C21H24N2O3/c1-3-26-19-12-8-15(9-13-19)14(2)22-20(24)17-6-10-18(11-7-17)23-21(25)16-4-5-16/h6-14,16H,3-5H2,1-2H3,(H,22,24)(H,23,25). The van der Waals surface area contributed by atoms with E-state index in [0.717, 1.165) is 29.8 Å². The molecule has 3 rings (SSSR count). The Kier molecular flexibility index (Phi) is 5.56. The number of carbonyl (C=O) groups is 2. The lowest BCUT2D eigenvalue weighted by atomic mass is 10.1. The minimum Gasteiger partial charge on any atom is -0.494 e. The molecule has 136 valence electrons. The molecule has 0 bridgehead atoms. The summed E-state index contributed by atoms with van der Waals surface area (Å²) in [5.41, 5.74) is 2.29. The van der Waals surface area contributed by atoms with Crippen LogP contribution in [0.5, 0.6) is 5.75 Å². The summed E-state index contributed by atoms with van der Waals surface area (Å²) in [7, 11) is 0. The smallest absolute Gasteiger partial charge is 0.251 e. The summed E-state index contributed by atoms with van der Waals surface area (Å²) in [5.74, 6) is 0.893. The number of rotatable bonds is 7. The van der Waals surface area contributed by atoms with Crippen LogP contribution in [0.3, 0.4) is 0 Å². The van der Waals surface area contributed by atoms with E-state index in [1.165, 1.54) is 0 Å². The number of nitrogens with one attached hydrogen (secondary N) is 2. The van der Waals surface area contributed by atoms with Gasteiger partial charge in [-0.1, -0.05) is 12.1 Å². The van der Waals surface area contributed by atoms with Gasteiger partial charge in [0, 0.05) is 17.2 Å². The monoisotopic (exact) mass is 352 g/mol. The van der Waals surface area contributed by atoms with Gasteiger partial charge in [-0.3, -0.25) is 9.59 Å². The zero-order valence-electron chi connectivity index (χ0n) is 15.1. The zero-order chi connectivity index (χ0) is 18.5. The molecule has 5 nitrogen and oxygen atoms in total. The average Bonchev–Trinajstić information content (AvgIpc) is 3.48. The maximum absolute atomic E-state index is 12.4. The Bertz CT molecular complexity index is 765. The van der Waals surface area contributed by atoms with Crippen molar-refractivity contribution in [1.29, 1.82) is 0 Å². The number of hydrogen-bond donors (Lipinski definition) is 2. The molecule has 2 aromatic carbocycles. The topological polar surface area (TPSA) is 67.4 Å². The highest BCUT2D eigenvalue weighted by Crippen LogP contribution is 2.30. The van der Waals surface area contributed by atoms with E-state index in [-0.39, 0.29) is 23.8 Å². The number of benzene rings is 2. The molecule has 2 aromatic rings. The molecule has 1 saturated carbocycles. The molecule has 1 aliphatic rings. The van der Waals surface area contributed by atoms with Gasteiger partial charge in [0.25, 0.3) is 5.91 Å². The highest BCUT2D eigenvalue weighted by atomic mass is 16.5. The molecule has 1 atom stereocenters. The molecular weight excluding hydrogens is 328 g/mol. The van der Waals surface area contributed by atoms with E-state index in [1.54, 1.807) is 24.3 Å².